The largest absolute Gasteiger partial charge is 0.497 e. The minimum Gasteiger partial charge on any atom is -0.497 e. The fraction of sp³-hybridized carbons (Fsp3) is 0.231. The smallest absolute Gasteiger partial charge is 0.121 e. The van der Waals surface area contributed by atoms with E-state index in [0.29, 0.717) is 5.56 Å². The Morgan fingerprint density at radius 3 is 3.06 bits per heavy atom. The van der Waals surface area contributed by atoms with E-state index in [-0.39, 0.29) is 0 Å². The molecule has 5 nitrogen and oxygen atoms in total. The molecule has 0 aliphatic carbocycles. The highest BCUT2D eigenvalue weighted by Gasteiger charge is 2.03. The number of H-pyrrole nitrogens is 1. The Hall–Kier alpha value is -2.48. The molecule has 0 aliphatic heterocycles. The molecular formula is C13H14N4O. The second-order valence-electron chi connectivity index (χ2n) is 3.78. The van der Waals surface area contributed by atoms with Crippen molar-refractivity contribution >= 4 is 5.69 Å². The van der Waals surface area contributed by atoms with E-state index in [2.05, 4.69) is 21.4 Å². The van der Waals surface area contributed by atoms with E-state index in [1.165, 1.54) is 0 Å². The molecule has 0 atom stereocenters. The van der Waals surface area contributed by atoms with Crippen molar-refractivity contribution in [1.29, 1.82) is 5.26 Å². The normalized spacial score (nSPS) is 9.78. The predicted molar refractivity (Wildman–Crippen MR) is 68.5 cm³/mol. The van der Waals surface area contributed by atoms with Crippen LogP contribution in [0.4, 0.5) is 5.69 Å². The number of hydrogen-bond acceptors (Lipinski definition) is 4. The Bertz CT molecular complexity index is 543. The first kappa shape index (κ1) is 12.0. The van der Waals surface area contributed by atoms with Gasteiger partial charge in [-0.3, -0.25) is 0 Å². The van der Waals surface area contributed by atoms with E-state index in [1.54, 1.807) is 31.8 Å². The summed E-state index contributed by atoms with van der Waals surface area (Å²) in [4.78, 5) is 6.99. The van der Waals surface area contributed by atoms with Crippen LogP contribution in [-0.2, 0) is 6.42 Å². The Morgan fingerprint density at radius 2 is 2.39 bits per heavy atom. The highest BCUT2D eigenvalue weighted by Crippen LogP contribution is 2.21. The van der Waals surface area contributed by atoms with Crippen molar-refractivity contribution in [3.63, 3.8) is 0 Å². The number of nitriles is 1. The zero-order valence-corrected chi connectivity index (χ0v) is 10.1. The molecule has 1 aromatic heterocycles. The number of ether oxygens (including phenoxy) is 1. The highest BCUT2D eigenvalue weighted by atomic mass is 16.5. The molecule has 0 fully saturated rings. The number of benzene rings is 1. The van der Waals surface area contributed by atoms with Crippen LogP contribution >= 0.6 is 0 Å². The number of nitrogens with one attached hydrogen (secondary N) is 2. The van der Waals surface area contributed by atoms with Crippen molar-refractivity contribution in [2.75, 3.05) is 19.0 Å². The molecule has 2 aromatic rings. The average molecular weight is 242 g/mol. The molecule has 0 aliphatic rings. The van der Waals surface area contributed by atoms with Crippen LogP contribution in [0.2, 0.25) is 0 Å². The van der Waals surface area contributed by atoms with Crippen molar-refractivity contribution in [1.82, 2.24) is 9.97 Å². The number of aromatic amines is 1. The summed E-state index contributed by atoms with van der Waals surface area (Å²) in [5.41, 5.74) is 2.46. The maximum absolute atomic E-state index is 9.02. The van der Waals surface area contributed by atoms with Crippen molar-refractivity contribution in [2.45, 2.75) is 6.42 Å². The van der Waals surface area contributed by atoms with Gasteiger partial charge >= 0.3 is 0 Å². The van der Waals surface area contributed by atoms with Gasteiger partial charge in [0.1, 0.15) is 11.8 Å². The molecule has 2 rings (SSSR count). The maximum atomic E-state index is 9.02. The summed E-state index contributed by atoms with van der Waals surface area (Å²) < 4.78 is 5.14. The number of hydrogen-bond donors (Lipinski definition) is 2. The number of rotatable bonds is 5. The molecule has 0 unspecified atom stereocenters. The van der Waals surface area contributed by atoms with E-state index in [1.807, 2.05) is 6.07 Å². The molecular weight excluding hydrogens is 228 g/mol. The number of aromatic nitrogens is 2. The van der Waals surface area contributed by atoms with Gasteiger partial charge in [0.25, 0.3) is 0 Å². The highest BCUT2D eigenvalue weighted by molar-refractivity contribution is 5.60. The summed E-state index contributed by atoms with van der Waals surface area (Å²) in [6.07, 6.45) is 4.27. The number of nitrogens with zero attached hydrogens (tertiary/aromatic N) is 2. The fourth-order valence-electron chi connectivity index (χ4n) is 1.65. The van der Waals surface area contributed by atoms with Gasteiger partial charge in [-0.1, -0.05) is 0 Å². The summed E-state index contributed by atoms with van der Waals surface area (Å²) in [6.45, 7) is 0.726. The lowest BCUT2D eigenvalue weighted by molar-refractivity contribution is 0.415. The SMILES string of the molecule is COc1ccc(C#N)c(NCCc2cnc[nH]2)c1. The van der Waals surface area contributed by atoms with E-state index >= 15 is 0 Å². The van der Waals surface area contributed by atoms with Crippen molar-refractivity contribution in [2.24, 2.45) is 0 Å². The van der Waals surface area contributed by atoms with Gasteiger partial charge in [-0.2, -0.15) is 5.26 Å². The van der Waals surface area contributed by atoms with Crippen LogP contribution in [0.3, 0.4) is 0 Å². The van der Waals surface area contributed by atoms with Gasteiger partial charge in [-0.15, -0.1) is 0 Å². The van der Waals surface area contributed by atoms with Crippen LogP contribution in [0.15, 0.2) is 30.7 Å². The van der Waals surface area contributed by atoms with Crippen LogP contribution < -0.4 is 10.1 Å². The van der Waals surface area contributed by atoms with E-state index in [9.17, 15) is 0 Å². The molecule has 5 heteroatoms. The third kappa shape index (κ3) is 2.80. The quantitative estimate of drug-likeness (QED) is 0.840. The van der Waals surface area contributed by atoms with Crippen LogP contribution in [0.1, 0.15) is 11.3 Å². The zero-order chi connectivity index (χ0) is 12.8. The summed E-state index contributed by atoms with van der Waals surface area (Å²) in [6, 6.07) is 7.50. The Labute approximate surface area is 105 Å². The third-order valence-electron chi connectivity index (χ3n) is 2.61. The molecule has 0 bridgehead atoms. The minimum atomic E-state index is 0.611. The monoisotopic (exact) mass is 242 g/mol. The molecule has 1 heterocycles. The lowest BCUT2D eigenvalue weighted by atomic mass is 10.2. The van der Waals surface area contributed by atoms with E-state index < -0.39 is 0 Å². The first-order valence-electron chi connectivity index (χ1n) is 5.62. The van der Waals surface area contributed by atoms with Crippen molar-refractivity contribution in [3.05, 3.63) is 42.0 Å². The lowest BCUT2D eigenvalue weighted by Crippen LogP contribution is -2.06. The Morgan fingerprint density at radius 1 is 1.50 bits per heavy atom. The van der Waals surface area contributed by atoms with Gasteiger partial charge in [0, 0.05) is 30.9 Å². The van der Waals surface area contributed by atoms with Crippen molar-refractivity contribution in [3.8, 4) is 11.8 Å². The predicted octanol–water partition coefficient (Wildman–Crippen LogP) is 1.94. The average Bonchev–Trinajstić information content (AvgIpc) is 2.92. The van der Waals surface area contributed by atoms with Crippen LogP contribution in [0.5, 0.6) is 5.75 Å². The first-order chi connectivity index (χ1) is 8.83. The second-order valence-corrected chi connectivity index (χ2v) is 3.78. The summed E-state index contributed by atoms with van der Waals surface area (Å²) in [7, 11) is 1.61. The molecule has 92 valence electrons. The summed E-state index contributed by atoms with van der Waals surface area (Å²) in [5, 5.41) is 12.2. The number of anilines is 1. The fourth-order valence-corrected chi connectivity index (χ4v) is 1.65. The zero-order valence-electron chi connectivity index (χ0n) is 10.1. The molecule has 0 radical (unpaired) electrons. The molecule has 0 saturated heterocycles. The molecule has 18 heavy (non-hydrogen) atoms. The second kappa shape index (κ2) is 5.73. The molecule has 0 amide bonds. The van der Waals surface area contributed by atoms with Gasteiger partial charge < -0.3 is 15.0 Å². The minimum absolute atomic E-state index is 0.611. The number of methoxy groups -OCH3 is 1. The molecule has 0 spiro atoms. The van der Waals surface area contributed by atoms with Crippen LogP contribution in [-0.4, -0.2) is 23.6 Å². The van der Waals surface area contributed by atoms with Gasteiger partial charge in [0.05, 0.1) is 24.7 Å². The van der Waals surface area contributed by atoms with Gasteiger partial charge in [0.2, 0.25) is 0 Å². The maximum Gasteiger partial charge on any atom is 0.121 e. The van der Waals surface area contributed by atoms with Gasteiger partial charge in [-0.25, -0.2) is 4.98 Å². The van der Waals surface area contributed by atoms with Crippen molar-refractivity contribution < 1.29 is 4.74 Å². The summed E-state index contributed by atoms with van der Waals surface area (Å²) >= 11 is 0. The molecule has 0 saturated carbocycles. The Balaban J connectivity index is 2.01. The lowest BCUT2D eigenvalue weighted by Gasteiger charge is -2.09. The van der Waals surface area contributed by atoms with Gasteiger partial charge in [0.15, 0.2) is 0 Å². The standard InChI is InChI=1S/C13H14N4O/c1-18-12-3-2-10(7-14)13(6-12)16-5-4-11-8-15-9-17-11/h2-3,6,8-9,16H,4-5H2,1H3,(H,15,17). The molecule has 2 N–H and O–H groups in total. The Kier molecular flexibility index (Phi) is 3.82. The third-order valence-corrected chi connectivity index (χ3v) is 2.61. The van der Waals surface area contributed by atoms with E-state index in [0.717, 1.165) is 30.1 Å². The van der Waals surface area contributed by atoms with Crippen LogP contribution in [0.25, 0.3) is 0 Å². The van der Waals surface area contributed by atoms with E-state index in [4.69, 9.17) is 10.00 Å². The molecule has 1 aromatic carbocycles. The van der Waals surface area contributed by atoms with Crippen LogP contribution in [0, 0.1) is 11.3 Å². The van der Waals surface area contributed by atoms with Gasteiger partial charge in [-0.05, 0) is 12.1 Å². The first-order valence-corrected chi connectivity index (χ1v) is 5.62. The number of imidazole rings is 1. The topological polar surface area (TPSA) is 73.7 Å². The summed E-state index contributed by atoms with van der Waals surface area (Å²) in [5.74, 6) is 0.734.